The molecule has 29 heavy (non-hydrogen) atoms. The second-order valence-electron chi connectivity index (χ2n) is 6.57. The van der Waals surface area contributed by atoms with Gasteiger partial charge in [0, 0.05) is 24.2 Å². The third-order valence-corrected chi connectivity index (χ3v) is 4.65. The fourth-order valence-corrected chi connectivity index (χ4v) is 3.14. The molecule has 2 aromatic carbocycles. The molecular weight excluding hydrogens is 368 g/mol. The van der Waals surface area contributed by atoms with Crippen molar-refractivity contribution >= 4 is 23.5 Å². The number of rotatable bonds is 4. The van der Waals surface area contributed by atoms with Gasteiger partial charge in [0.05, 0.1) is 24.8 Å². The van der Waals surface area contributed by atoms with E-state index in [-0.39, 0.29) is 29.5 Å². The molecule has 6 heteroatoms. The van der Waals surface area contributed by atoms with Crippen molar-refractivity contribution in [2.75, 3.05) is 25.1 Å². The van der Waals surface area contributed by atoms with Gasteiger partial charge in [-0.15, -0.1) is 0 Å². The third-order valence-electron chi connectivity index (χ3n) is 4.65. The summed E-state index contributed by atoms with van der Waals surface area (Å²) in [5, 5.41) is 2.68. The van der Waals surface area contributed by atoms with Gasteiger partial charge in [0.2, 0.25) is 5.91 Å². The summed E-state index contributed by atoms with van der Waals surface area (Å²) in [5.41, 5.74) is 2.13. The summed E-state index contributed by atoms with van der Waals surface area (Å²) in [4.78, 5) is 37.9. The summed E-state index contributed by atoms with van der Waals surface area (Å²) in [6.07, 6.45) is 2.57. The van der Waals surface area contributed by atoms with Crippen molar-refractivity contribution in [3.8, 4) is 11.8 Å². The Labute approximate surface area is 169 Å². The fourth-order valence-electron chi connectivity index (χ4n) is 3.14. The molecule has 1 heterocycles. The topological polar surface area (TPSA) is 75.7 Å². The standard InChI is InChI=1S/C23H22N2O4/c1-29-23(28)20-9-3-2-8-19(20)22(27)24-15-6-7-17-11-13-18(14-12-17)25-16-5-4-10-21(25)26/h2-3,8-9,11-14H,4-5,10,15-16H2,1H3,(H,24,27). The van der Waals surface area contributed by atoms with Crippen molar-refractivity contribution in [2.24, 2.45) is 0 Å². The Morgan fingerprint density at radius 3 is 2.48 bits per heavy atom. The van der Waals surface area contributed by atoms with E-state index in [9.17, 15) is 14.4 Å². The summed E-state index contributed by atoms with van der Waals surface area (Å²) in [7, 11) is 1.27. The number of esters is 1. The van der Waals surface area contributed by atoms with Crippen LogP contribution in [0, 0.1) is 11.8 Å². The van der Waals surface area contributed by atoms with Gasteiger partial charge in [-0.2, -0.15) is 0 Å². The van der Waals surface area contributed by atoms with Crippen molar-refractivity contribution in [1.29, 1.82) is 0 Å². The first kappa shape index (κ1) is 20.2. The molecule has 3 rings (SSSR count). The zero-order valence-corrected chi connectivity index (χ0v) is 16.2. The molecule has 0 unspecified atom stereocenters. The Morgan fingerprint density at radius 2 is 1.79 bits per heavy atom. The Kier molecular flexibility index (Phi) is 6.64. The second kappa shape index (κ2) is 9.56. The highest BCUT2D eigenvalue weighted by Gasteiger charge is 2.19. The van der Waals surface area contributed by atoms with Crippen LogP contribution in [-0.4, -0.2) is 38.0 Å². The first-order valence-electron chi connectivity index (χ1n) is 9.45. The van der Waals surface area contributed by atoms with Gasteiger partial charge >= 0.3 is 5.97 Å². The molecule has 148 valence electrons. The van der Waals surface area contributed by atoms with Gasteiger partial charge in [-0.3, -0.25) is 9.59 Å². The number of carbonyl (C=O) groups is 3. The lowest BCUT2D eigenvalue weighted by molar-refractivity contribution is -0.119. The maximum absolute atomic E-state index is 12.3. The number of hydrogen-bond donors (Lipinski definition) is 1. The van der Waals surface area contributed by atoms with E-state index in [4.69, 9.17) is 4.74 Å². The average Bonchev–Trinajstić information content (AvgIpc) is 2.77. The lowest BCUT2D eigenvalue weighted by atomic mass is 10.1. The zero-order chi connectivity index (χ0) is 20.6. The second-order valence-corrected chi connectivity index (χ2v) is 6.57. The van der Waals surface area contributed by atoms with Crippen LogP contribution in [0.25, 0.3) is 0 Å². The number of piperidine rings is 1. The number of ether oxygens (including phenoxy) is 1. The number of amides is 2. The highest BCUT2D eigenvalue weighted by Crippen LogP contribution is 2.21. The Hall–Kier alpha value is -3.59. The molecule has 0 radical (unpaired) electrons. The molecule has 1 saturated heterocycles. The van der Waals surface area contributed by atoms with Crippen LogP contribution in [0.3, 0.4) is 0 Å². The lowest BCUT2D eigenvalue weighted by Crippen LogP contribution is -2.35. The Bertz CT molecular complexity index is 970. The molecule has 6 nitrogen and oxygen atoms in total. The number of carbonyl (C=O) groups excluding carboxylic acids is 3. The monoisotopic (exact) mass is 390 g/mol. The largest absolute Gasteiger partial charge is 0.465 e. The number of benzene rings is 2. The predicted octanol–water partition coefficient (Wildman–Crippen LogP) is 2.77. The smallest absolute Gasteiger partial charge is 0.338 e. The van der Waals surface area contributed by atoms with Crippen LogP contribution in [0.15, 0.2) is 48.5 Å². The molecule has 0 aromatic heterocycles. The van der Waals surface area contributed by atoms with Crippen molar-refractivity contribution < 1.29 is 19.1 Å². The van der Waals surface area contributed by atoms with E-state index < -0.39 is 5.97 Å². The summed E-state index contributed by atoms with van der Waals surface area (Å²) in [5.74, 6) is 5.08. The Morgan fingerprint density at radius 1 is 1.07 bits per heavy atom. The number of anilines is 1. The first-order chi connectivity index (χ1) is 14.1. The van der Waals surface area contributed by atoms with Crippen LogP contribution in [0.5, 0.6) is 0 Å². The Balaban J connectivity index is 1.59. The summed E-state index contributed by atoms with van der Waals surface area (Å²) in [6.45, 7) is 0.893. The minimum absolute atomic E-state index is 0.140. The lowest BCUT2D eigenvalue weighted by Gasteiger charge is -2.26. The van der Waals surface area contributed by atoms with Crippen molar-refractivity contribution in [1.82, 2.24) is 5.32 Å². The number of nitrogens with zero attached hydrogens (tertiary/aromatic N) is 1. The molecule has 1 aliphatic rings. The van der Waals surface area contributed by atoms with E-state index in [2.05, 4.69) is 17.2 Å². The number of hydrogen-bond acceptors (Lipinski definition) is 4. The van der Waals surface area contributed by atoms with Crippen molar-refractivity contribution in [3.63, 3.8) is 0 Å². The van der Waals surface area contributed by atoms with Crippen LogP contribution in [0.4, 0.5) is 5.69 Å². The zero-order valence-electron chi connectivity index (χ0n) is 16.2. The van der Waals surface area contributed by atoms with E-state index >= 15 is 0 Å². The van der Waals surface area contributed by atoms with Crippen LogP contribution >= 0.6 is 0 Å². The highest BCUT2D eigenvalue weighted by atomic mass is 16.5. The summed E-state index contributed by atoms with van der Waals surface area (Å²) < 4.78 is 4.70. The molecule has 0 spiro atoms. The molecule has 0 bridgehead atoms. The maximum Gasteiger partial charge on any atom is 0.338 e. The normalized spacial score (nSPS) is 13.3. The molecule has 1 fully saturated rings. The molecule has 2 amide bonds. The molecule has 0 aliphatic carbocycles. The highest BCUT2D eigenvalue weighted by molar-refractivity contribution is 6.05. The predicted molar refractivity (Wildman–Crippen MR) is 110 cm³/mol. The molecule has 0 saturated carbocycles. The van der Waals surface area contributed by atoms with Crippen molar-refractivity contribution in [2.45, 2.75) is 19.3 Å². The van der Waals surface area contributed by atoms with Gasteiger partial charge in [-0.25, -0.2) is 4.79 Å². The fraction of sp³-hybridized carbons (Fsp3) is 0.261. The SMILES string of the molecule is COC(=O)c1ccccc1C(=O)NCC#Cc1ccc(N2CCCCC2=O)cc1. The van der Waals surface area contributed by atoms with Gasteiger partial charge in [0.1, 0.15) is 0 Å². The maximum atomic E-state index is 12.3. The van der Waals surface area contributed by atoms with Crippen LogP contribution in [0.1, 0.15) is 45.5 Å². The summed E-state index contributed by atoms with van der Waals surface area (Å²) >= 11 is 0. The minimum Gasteiger partial charge on any atom is -0.465 e. The first-order valence-corrected chi connectivity index (χ1v) is 9.45. The minimum atomic E-state index is -0.561. The van der Waals surface area contributed by atoms with E-state index in [1.165, 1.54) is 7.11 Å². The van der Waals surface area contributed by atoms with Crippen LogP contribution < -0.4 is 10.2 Å². The van der Waals surface area contributed by atoms with Crippen molar-refractivity contribution in [3.05, 3.63) is 65.2 Å². The van der Waals surface area contributed by atoms with Gasteiger partial charge in [-0.1, -0.05) is 24.0 Å². The molecule has 2 aromatic rings. The molecule has 1 aliphatic heterocycles. The molecule has 1 N–H and O–H groups in total. The van der Waals surface area contributed by atoms with Gasteiger partial charge < -0.3 is 15.0 Å². The van der Waals surface area contributed by atoms with E-state index in [0.29, 0.717) is 6.42 Å². The van der Waals surface area contributed by atoms with E-state index in [0.717, 1.165) is 30.6 Å². The molecule has 0 atom stereocenters. The van der Waals surface area contributed by atoms with E-state index in [1.807, 2.05) is 24.3 Å². The quantitative estimate of drug-likeness (QED) is 0.643. The molecular formula is C23H22N2O4. The van der Waals surface area contributed by atoms with Gasteiger partial charge in [0.15, 0.2) is 0 Å². The van der Waals surface area contributed by atoms with Gasteiger partial charge in [-0.05, 0) is 49.2 Å². The summed E-state index contributed by atoms with van der Waals surface area (Å²) in [6, 6.07) is 14.0. The van der Waals surface area contributed by atoms with Gasteiger partial charge in [0.25, 0.3) is 5.91 Å². The third kappa shape index (κ3) is 5.02. The van der Waals surface area contributed by atoms with Crippen LogP contribution in [0.2, 0.25) is 0 Å². The number of methoxy groups -OCH3 is 1. The number of nitrogens with one attached hydrogen (secondary N) is 1. The van der Waals surface area contributed by atoms with E-state index in [1.54, 1.807) is 29.2 Å². The van der Waals surface area contributed by atoms with Crippen LogP contribution in [-0.2, 0) is 9.53 Å². The average molecular weight is 390 g/mol.